The second-order valence-corrected chi connectivity index (χ2v) is 9.53. The maximum Gasteiger partial charge on any atom is 0.262 e. The van der Waals surface area contributed by atoms with Crippen molar-refractivity contribution in [2.24, 2.45) is 0 Å². The van der Waals surface area contributed by atoms with Gasteiger partial charge in [-0.2, -0.15) is 0 Å². The number of hydrogen-bond donors (Lipinski definition) is 1. The van der Waals surface area contributed by atoms with Crippen molar-refractivity contribution in [2.75, 3.05) is 22.5 Å². The molecule has 0 unspecified atom stereocenters. The van der Waals surface area contributed by atoms with Crippen LogP contribution in [0.1, 0.15) is 5.56 Å². The molecule has 0 radical (unpaired) electrons. The number of nitrogens with zero attached hydrogens (tertiary/aromatic N) is 1. The molecule has 0 saturated carbocycles. The molecular weight excluding hydrogens is 487 g/mol. The first-order valence-electron chi connectivity index (χ1n) is 9.22. The van der Waals surface area contributed by atoms with Crippen LogP contribution in [0.25, 0.3) is 0 Å². The van der Waals surface area contributed by atoms with E-state index in [9.17, 15) is 17.6 Å². The fourth-order valence-electron chi connectivity index (χ4n) is 2.78. The molecule has 0 atom stereocenters. The summed E-state index contributed by atoms with van der Waals surface area (Å²) < 4.78 is 45.6. The minimum atomic E-state index is -3.51. The van der Waals surface area contributed by atoms with Gasteiger partial charge in [-0.3, -0.25) is 9.10 Å². The van der Waals surface area contributed by atoms with Gasteiger partial charge in [-0.1, -0.05) is 46.3 Å². The summed E-state index contributed by atoms with van der Waals surface area (Å²) >= 11 is 3.15. The molecule has 0 bridgehead atoms. The smallest absolute Gasteiger partial charge is 0.262 e. The standard InChI is InChI=1S/C22H20BrFN2O4S/c1-31(28,29)26(14-16-5-3-2-4-6-16)18-8-10-19(11-9-18)30-15-22(27)25-21-12-7-17(23)13-20(21)24/h2-13H,14-15H2,1H3,(H,25,27). The van der Waals surface area contributed by atoms with E-state index < -0.39 is 21.7 Å². The molecular formula is C22H20BrFN2O4S. The predicted octanol–water partition coefficient (Wildman–Crippen LogP) is 4.57. The Hall–Kier alpha value is -2.91. The molecule has 0 aromatic heterocycles. The maximum atomic E-state index is 13.8. The molecule has 0 spiro atoms. The van der Waals surface area contributed by atoms with Gasteiger partial charge in [-0.05, 0) is 48.0 Å². The van der Waals surface area contributed by atoms with Crippen LogP contribution in [0.5, 0.6) is 5.75 Å². The lowest BCUT2D eigenvalue weighted by molar-refractivity contribution is -0.118. The summed E-state index contributed by atoms with van der Waals surface area (Å²) in [7, 11) is -3.51. The zero-order valence-electron chi connectivity index (χ0n) is 16.6. The number of nitrogens with one attached hydrogen (secondary N) is 1. The largest absolute Gasteiger partial charge is 0.484 e. The third-order valence-corrected chi connectivity index (χ3v) is 5.90. The highest BCUT2D eigenvalue weighted by atomic mass is 79.9. The Bertz CT molecular complexity index is 1160. The number of carbonyl (C=O) groups is 1. The van der Waals surface area contributed by atoms with Gasteiger partial charge in [0, 0.05) is 4.47 Å². The second kappa shape index (κ2) is 9.93. The van der Waals surface area contributed by atoms with Crippen LogP contribution >= 0.6 is 15.9 Å². The van der Waals surface area contributed by atoms with Gasteiger partial charge in [0.2, 0.25) is 10.0 Å². The molecule has 0 aliphatic rings. The SMILES string of the molecule is CS(=O)(=O)N(Cc1ccccc1)c1ccc(OCC(=O)Nc2ccc(Br)cc2F)cc1. The van der Waals surface area contributed by atoms with Crippen molar-refractivity contribution in [3.8, 4) is 5.75 Å². The zero-order valence-corrected chi connectivity index (χ0v) is 19.0. The lowest BCUT2D eigenvalue weighted by Crippen LogP contribution is -2.29. The van der Waals surface area contributed by atoms with E-state index in [0.29, 0.717) is 15.9 Å². The van der Waals surface area contributed by atoms with E-state index in [1.54, 1.807) is 30.3 Å². The van der Waals surface area contributed by atoms with Crippen molar-refractivity contribution in [1.82, 2.24) is 0 Å². The highest BCUT2D eigenvalue weighted by Crippen LogP contribution is 2.24. The summed E-state index contributed by atoms with van der Waals surface area (Å²) in [6.45, 7) is -0.129. The predicted molar refractivity (Wildman–Crippen MR) is 122 cm³/mol. The number of sulfonamides is 1. The minimum Gasteiger partial charge on any atom is -0.484 e. The molecule has 0 saturated heterocycles. The van der Waals surface area contributed by atoms with Crippen molar-refractivity contribution >= 4 is 43.2 Å². The number of halogens is 2. The molecule has 3 aromatic rings. The summed E-state index contributed by atoms with van der Waals surface area (Å²) in [6, 6.07) is 19.9. The monoisotopic (exact) mass is 506 g/mol. The zero-order chi connectivity index (χ0) is 22.4. The second-order valence-electron chi connectivity index (χ2n) is 6.71. The van der Waals surface area contributed by atoms with Crippen LogP contribution in [-0.4, -0.2) is 27.2 Å². The number of benzene rings is 3. The van der Waals surface area contributed by atoms with Crippen LogP contribution in [0.2, 0.25) is 0 Å². The van der Waals surface area contributed by atoms with Gasteiger partial charge in [0.15, 0.2) is 6.61 Å². The summed E-state index contributed by atoms with van der Waals surface area (Å²) in [6.07, 6.45) is 1.14. The fourth-order valence-corrected chi connectivity index (χ4v) is 4.01. The lowest BCUT2D eigenvalue weighted by atomic mass is 10.2. The van der Waals surface area contributed by atoms with Crippen molar-refractivity contribution in [3.05, 3.63) is 88.6 Å². The Morgan fingerprint density at radius 2 is 1.74 bits per heavy atom. The number of rotatable bonds is 8. The van der Waals surface area contributed by atoms with E-state index in [4.69, 9.17) is 4.74 Å². The molecule has 162 valence electrons. The normalized spacial score (nSPS) is 11.1. The van der Waals surface area contributed by atoms with Crippen LogP contribution in [0.3, 0.4) is 0 Å². The first-order valence-corrected chi connectivity index (χ1v) is 11.9. The average Bonchev–Trinajstić information content (AvgIpc) is 2.73. The van der Waals surface area contributed by atoms with Crippen LogP contribution in [0.4, 0.5) is 15.8 Å². The summed E-state index contributed by atoms with van der Waals surface area (Å²) in [4.78, 5) is 12.0. The Morgan fingerprint density at radius 3 is 2.35 bits per heavy atom. The maximum absolute atomic E-state index is 13.8. The van der Waals surface area contributed by atoms with Gasteiger partial charge < -0.3 is 10.1 Å². The van der Waals surface area contributed by atoms with Crippen LogP contribution in [0.15, 0.2) is 77.3 Å². The minimum absolute atomic E-state index is 0.0526. The third-order valence-electron chi connectivity index (χ3n) is 4.27. The molecule has 0 aliphatic heterocycles. The number of carbonyl (C=O) groups excluding carboxylic acids is 1. The van der Waals surface area contributed by atoms with Crippen LogP contribution in [0, 0.1) is 5.82 Å². The molecule has 3 aromatic carbocycles. The summed E-state index contributed by atoms with van der Waals surface area (Å²) in [5.74, 6) is -0.707. The van der Waals surface area contributed by atoms with E-state index in [-0.39, 0.29) is 18.8 Å². The highest BCUT2D eigenvalue weighted by Gasteiger charge is 2.18. The van der Waals surface area contributed by atoms with Crippen molar-refractivity contribution in [2.45, 2.75) is 6.54 Å². The van der Waals surface area contributed by atoms with Crippen molar-refractivity contribution in [1.29, 1.82) is 0 Å². The van der Waals surface area contributed by atoms with Crippen LogP contribution < -0.4 is 14.4 Å². The summed E-state index contributed by atoms with van der Waals surface area (Å²) in [5.41, 5.74) is 1.38. The fraction of sp³-hybridized carbons (Fsp3) is 0.136. The van der Waals surface area contributed by atoms with Gasteiger partial charge in [0.1, 0.15) is 11.6 Å². The molecule has 31 heavy (non-hydrogen) atoms. The molecule has 6 nitrogen and oxygen atoms in total. The van der Waals surface area contributed by atoms with Gasteiger partial charge in [0.25, 0.3) is 5.91 Å². The van der Waals surface area contributed by atoms with E-state index in [1.807, 2.05) is 30.3 Å². The van der Waals surface area contributed by atoms with Gasteiger partial charge in [0.05, 0.1) is 24.2 Å². The number of anilines is 2. The van der Waals surface area contributed by atoms with Gasteiger partial charge in [-0.15, -0.1) is 0 Å². The molecule has 0 heterocycles. The van der Waals surface area contributed by atoms with Gasteiger partial charge in [-0.25, -0.2) is 12.8 Å². The molecule has 0 aliphatic carbocycles. The molecule has 1 amide bonds. The van der Waals surface area contributed by atoms with E-state index in [0.717, 1.165) is 11.8 Å². The highest BCUT2D eigenvalue weighted by molar-refractivity contribution is 9.10. The molecule has 9 heteroatoms. The lowest BCUT2D eigenvalue weighted by Gasteiger charge is -2.22. The summed E-state index contributed by atoms with van der Waals surface area (Å²) in [5, 5.41) is 2.44. The Morgan fingerprint density at radius 1 is 1.06 bits per heavy atom. The van der Waals surface area contributed by atoms with Crippen molar-refractivity contribution in [3.63, 3.8) is 0 Å². The number of ether oxygens (including phenoxy) is 1. The first kappa shape index (κ1) is 22.8. The average molecular weight is 507 g/mol. The van der Waals surface area contributed by atoms with E-state index in [2.05, 4.69) is 21.2 Å². The quantitative estimate of drug-likeness (QED) is 0.485. The number of hydrogen-bond acceptors (Lipinski definition) is 4. The Labute approximate surface area is 188 Å². The van der Waals surface area contributed by atoms with Gasteiger partial charge >= 0.3 is 0 Å². The Balaban J connectivity index is 1.63. The molecule has 1 N–H and O–H groups in total. The third kappa shape index (κ3) is 6.53. The van der Waals surface area contributed by atoms with Crippen molar-refractivity contribution < 1.29 is 22.3 Å². The number of amides is 1. The topological polar surface area (TPSA) is 75.7 Å². The molecule has 0 fully saturated rings. The Kier molecular flexibility index (Phi) is 7.29. The molecule has 3 rings (SSSR count). The van der Waals surface area contributed by atoms with E-state index in [1.165, 1.54) is 16.4 Å². The first-order chi connectivity index (χ1) is 14.7. The van der Waals surface area contributed by atoms with Crippen LogP contribution in [-0.2, 0) is 21.4 Å². The van der Waals surface area contributed by atoms with E-state index >= 15 is 0 Å².